The van der Waals surface area contributed by atoms with Gasteiger partial charge in [0.25, 0.3) is 5.69 Å². The van der Waals surface area contributed by atoms with Crippen molar-refractivity contribution >= 4 is 29.1 Å². The Kier molecular flexibility index (Phi) is 4.16. The number of hydrogen-bond donors (Lipinski definition) is 0. The Bertz CT molecular complexity index is 348. The first-order valence-electron chi connectivity index (χ1n) is 3.78. The summed E-state index contributed by atoms with van der Waals surface area (Å²) in [6.45, 7) is 0. The second-order valence-electron chi connectivity index (χ2n) is 2.41. The van der Waals surface area contributed by atoms with Crippen LogP contribution >= 0.6 is 23.4 Å². The largest absolute Gasteiger partial charge is 0.272 e. The molecule has 3 nitrogen and oxygen atoms in total. The van der Waals surface area contributed by atoms with Crippen LogP contribution in [0.3, 0.4) is 0 Å². The third-order valence-corrected chi connectivity index (χ3v) is 2.92. The highest BCUT2D eigenvalue weighted by molar-refractivity contribution is 7.99. The van der Waals surface area contributed by atoms with E-state index in [1.165, 1.54) is 23.9 Å². The van der Waals surface area contributed by atoms with E-state index in [0.29, 0.717) is 16.5 Å². The van der Waals surface area contributed by atoms with Gasteiger partial charge in [0.2, 0.25) is 0 Å². The molecule has 1 rings (SSSR count). The second-order valence-corrected chi connectivity index (χ2v) is 3.92. The first-order valence-corrected chi connectivity index (χ1v) is 5.30. The topological polar surface area (TPSA) is 43.1 Å². The van der Waals surface area contributed by atoms with Crippen molar-refractivity contribution in [3.8, 4) is 0 Å². The second kappa shape index (κ2) is 5.17. The van der Waals surface area contributed by atoms with Crippen LogP contribution in [0.1, 0.15) is 0 Å². The minimum Gasteiger partial charge on any atom is -0.258 e. The maximum atomic E-state index is 13.2. The maximum absolute atomic E-state index is 13.2. The molecule has 0 radical (unpaired) electrons. The normalized spacial score (nSPS) is 10.1. The Morgan fingerprint density at radius 2 is 2.29 bits per heavy atom. The zero-order chi connectivity index (χ0) is 10.6. The van der Waals surface area contributed by atoms with Crippen LogP contribution in [-0.4, -0.2) is 16.6 Å². The summed E-state index contributed by atoms with van der Waals surface area (Å²) in [6.07, 6.45) is 0. The summed E-state index contributed by atoms with van der Waals surface area (Å²) in [4.78, 5) is 10.0. The van der Waals surface area contributed by atoms with E-state index in [-0.39, 0.29) is 5.69 Å². The van der Waals surface area contributed by atoms with Gasteiger partial charge in [-0.1, -0.05) is 0 Å². The molecule has 0 aliphatic rings. The van der Waals surface area contributed by atoms with Crippen LogP contribution in [0.2, 0.25) is 0 Å². The van der Waals surface area contributed by atoms with E-state index >= 15 is 0 Å². The van der Waals surface area contributed by atoms with Crippen LogP contribution in [0.5, 0.6) is 0 Å². The van der Waals surface area contributed by atoms with Crippen molar-refractivity contribution in [1.29, 1.82) is 0 Å². The van der Waals surface area contributed by atoms with Crippen molar-refractivity contribution in [3.05, 3.63) is 34.1 Å². The van der Waals surface area contributed by atoms with Gasteiger partial charge in [0.1, 0.15) is 5.82 Å². The minimum absolute atomic E-state index is 0.238. The molecule has 0 fully saturated rings. The number of halogens is 2. The molecule has 0 aromatic heterocycles. The van der Waals surface area contributed by atoms with Gasteiger partial charge < -0.3 is 0 Å². The van der Waals surface area contributed by atoms with Crippen molar-refractivity contribution in [1.82, 2.24) is 0 Å². The number of thioether (sulfide) groups is 1. The van der Waals surface area contributed by atoms with E-state index in [2.05, 4.69) is 0 Å². The fourth-order valence-corrected chi connectivity index (χ4v) is 1.76. The highest BCUT2D eigenvalue weighted by Gasteiger charge is 2.10. The number of hydrogen-bond acceptors (Lipinski definition) is 3. The lowest BCUT2D eigenvalue weighted by molar-refractivity contribution is -0.385. The van der Waals surface area contributed by atoms with E-state index in [0.717, 1.165) is 6.07 Å². The Labute approximate surface area is 89.4 Å². The summed E-state index contributed by atoms with van der Waals surface area (Å²) in [5.41, 5.74) is -0.238. The number of nitro benzene ring substituents is 1. The molecule has 0 aliphatic carbocycles. The van der Waals surface area contributed by atoms with Crippen molar-refractivity contribution in [2.45, 2.75) is 4.90 Å². The Hall–Kier alpha value is -0.810. The van der Waals surface area contributed by atoms with Gasteiger partial charge >= 0.3 is 0 Å². The summed E-state index contributed by atoms with van der Waals surface area (Å²) < 4.78 is 13.2. The summed E-state index contributed by atoms with van der Waals surface area (Å²) in [6, 6.07) is 3.58. The van der Waals surface area contributed by atoms with Gasteiger partial charge in [-0.25, -0.2) is 4.39 Å². The van der Waals surface area contributed by atoms with E-state index in [1.807, 2.05) is 0 Å². The molecule has 0 saturated heterocycles. The van der Waals surface area contributed by atoms with Crippen molar-refractivity contribution in [2.75, 3.05) is 11.6 Å². The molecule has 0 spiro atoms. The van der Waals surface area contributed by atoms with Crippen molar-refractivity contribution in [2.24, 2.45) is 0 Å². The summed E-state index contributed by atoms with van der Waals surface area (Å²) in [5.74, 6) is 0.423. The molecule has 0 atom stereocenters. The van der Waals surface area contributed by atoms with Crippen LogP contribution < -0.4 is 0 Å². The van der Waals surface area contributed by atoms with Gasteiger partial charge in [-0.05, 0) is 6.07 Å². The number of alkyl halides is 1. The minimum atomic E-state index is -0.626. The molecule has 0 N–H and O–H groups in total. The van der Waals surface area contributed by atoms with E-state index < -0.39 is 10.7 Å². The van der Waals surface area contributed by atoms with Gasteiger partial charge in [0.05, 0.1) is 11.0 Å². The quantitative estimate of drug-likeness (QED) is 0.349. The lowest BCUT2D eigenvalue weighted by atomic mass is 10.3. The molecule has 0 unspecified atom stereocenters. The number of non-ortho nitro benzene ring substituents is 1. The Morgan fingerprint density at radius 3 is 2.79 bits per heavy atom. The highest BCUT2D eigenvalue weighted by atomic mass is 35.5. The third-order valence-electron chi connectivity index (χ3n) is 1.46. The average molecular weight is 236 g/mol. The molecule has 0 saturated carbocycles. The lowest BCUT2D eigenvalue weighted by Crippen LogP contribution is -1.90. The van der Waals surface area contributed by atoms with E-state index in [1.54, 1.807) is 0 Å². The number of benzene rings is 1. The van der Waals surface area contributed by atoms with Gasteiger partial charge in [0.15, 0.2) is 0 Å². The Morgan fingerprint density at radius 1 is 1.57 bits per heavy atom. The van der Waals surface area contributed by atoms with Crippen molar-refractivity contribution < 1.29 is 9.31 Å². The van der Waals surface area contributed by atoms with Crippen LogP contribution in [0.15, 0.2) is 23.1 Å². The smallest absolute Gasteiger partial charge is 0.258 e. The monoisotopic (exact) mass is 235 g/mol. The van der Waals surface area contributed by atoms with E-state index in [4.69, 9.17) is 11.6 Å². The van der Waals surface area contributed by atoms with Gasteiger partial charge in [-0.2, -0.15) is 0 Å². The summed E-state index contributed by atoms with van der Waals surface area (Å²) in [5, 5.41) is 10.3. The zero-order valence-corrected chi connectivity index (χ0v) is 8.65. The first kappa shape index (κ1) is 11.3. The van der Waals surface area contributed by atoms with Gasteiger partial charge in [0, 0.05) is 22.6 Å². The third kappa shape index (κ3) is 2.85. The molecule has 14 heavy (non-hydrogen) atoms. The Balaban J connectivity index is 2.84. The molecule has 1 aromatic carbocycles. The van der Waals surface area contributed by atoms with E-state index in [9.17, 15) is 14.5 Å². The maximum Gasteiger partial charge on any atom is 0.272 e. The van der Waals surface area contributed by atoms with Crippen LogP contribution in [-0.2, 0) is 0 Å². The predicted molar refractivity (Wildman–Crippen MR) is 54.5 cm³/mol. The number of nitrogens with zero attached hydrogens (tertiary/aromatic N) is 1. The van der Waals surface area contributed by atoms with Gasteiger partial charge in [-0.3, -0.25) is 10.1 Å². The highest BCUT2D eigenvalue weighted by Crippen LogP contribution is 2.25. The molecule has 1 aromatic rings. The zero-order valence-electron chi connectivity index (χ0n) is 7.07. The SMILES string of the molecule is O=[N+]([O-])c1ccc(SCCCl)c(F)c1. The molecule has 0 aliphatic heterocycles. The predicted octanol–water partition coefficient (Wildman–Crippen LogP) is 3.06. The first-order chi connectivity index (χ1) is 6.65. The average Bonchev–Trinajstić information content (AvgIpc) is 2.15. The molecule has 0 bridgehead atoms. The summed E-state index contributed by atoms with van der Waals surface area (Å²) >= 11 is 6.67. The fraction of sp³-hybridized carbons (Fsp3) is 0.250. The van der Waals surface area contributed by atoms with Crippen LogP contribution in [0.25, 0.3) is 0 Å². The van der Waals surface area contributed by atoms with Crippen LogP contribution in [0.4, 0.5) is 10.1 Å². The molecular formula is C8H7ClFNO2S. The molecule has 0 amide bonds. The standard InChI is InChI=1S/C8H7ClFNO2S/c9-3-4-14-8-2-1-6(11(12)13)5-7(8)10/h1-2,5H,3-4H2. The molecule has 76 valence electrons. The number of nitro groups is 1. The van der Waals surface area contributed by atoms with Crippen molar-refractivity contribution in [3.63, 3.8) is 0 Å². The lowest BCUT2D eigenvalue weighted by Gasteiger charge is -2.00. The summed E-state index contributed by atoms with van der Waals surface area (Å²) in [7, 11) is 0. The molecular weight excluding hydrogens is 229 g/mol. The van der Waals surface area contributed by atoms with Crippen LogP contribution in [0, 0.1) is 15.9 Å². The van der Waals surface area contributed by atoms with Gasteiger partial charge in [-0.15, -0.1) is 23.4 Å². The fourth-order valence-electron chi connectivity index (χ4n) is 0.869. The molecule has 6 heteroatoms. The number of rotatable bonds is 4. The molecule has 0 heterocycles.